The summed E-state index contributed by atoms with van der Waals surface area (Å²) in [6.45, 7) is 11.7. The summed E-state index contributed by atoms with van der Waals surface area (Å²) in [4.78, 5) is 28.8. The highest BCUT2D eigenvalue weighted by Gasteiger charge is 2.36. The minimum absolute atomic E-state index is 0.214. The maximum atomic E-state index is 13.7. The van der Waals surface area contributed by atoms with Crippen molar-refractivity contribution in [2.45, 2.75) is 53.1 Å². The molecule has 0 spiro atoms. The number of amides is 2. The smallest absolute Gasteiger partial charge is 0.280 e. The third-order valence-electron chi connectivity index (χ3n) is 5.03. The van der Waals surface area contributed by atoms with Gasteiger partial charge in [0.25, 0.3) is 5.91 Å². The normalized spacial score (nSPS) is 12.3. The zero-order valence-corrected chi connectivity index (χ0v) is 19.6. The molecule has 162 valence electrons. The molecule has 2 amide bonds. The molecule has 0 aliphatic carbocycles. The van der Waals surface area contributed by atoms with Gasteiger partial charge in [0.2, 0.25) is 5.91 Å². The van der Waals surface area contributed by atoms with Crippen molar-refractivity contribution in [3.63, 3.8) is 0 Å². The molecule has 2 aromatic carbocycles. The van der Waals surface area contributed by atoms with Crippen molar-refractivity contribution in [1.29, 1.82) is 0 Å². The molecule has 0 saturated carbocycles. The Bertz CT molecular complexity index is 1070. The van der Waals surface area contributed by atoms with Crippen LogP contribution in [0, 0.1) is 20.8 Å². The van der Waals surface area contributed by atoms with Crippen molar-refractivity contribution in [3.8, 4) is 0 Å². The maximum Gasteiger partial charge on any atom is 0.280 e. The van der Waals surface area contributed by atoms with E-state index in [-0.39, 0.29) is 17.5 Å². The van der Waals surface area contributed by atoms with Gasteiger partial charge in [-0.25, -0.2) is 0 Å². The van der Waals surface area contributed by atoms with E-state index in [4.69, 9.17) is 0 Å². The molecule has 1 aromatic heterocycles. The predicted molar refractivity (Wildman–Crippen MR) is 124 cm³/mol. The Hall–Kier alpha value is -3.06. The fourth-order valence-electron chi connectivity index (χ4n) is 3.35. The van der Waals surface area contributed by atoms with Crippen LogP contribution in [0.1, 0.15) is 59.6 Å². The van der Waals surface area contributed by atoms with Crippen LogP contribution in [0.5, 0.6) is 0 Å². The van der Waals surface area contributed by atoms with Crippen LogP contribution < -0.4 is 10.2 Å². The van der Waals surface area contributed by atoms with Gasteiger partial charge < -0.3 is 5.32 Å². The Morgan fingerprint density at radius 2 is 1.71 bits per heavy atom. The van der Waals surface area contributed by atoms with Crippen LogP contribution in [0.3, 0.4) is 0 Å². The molecule has 0 bridgehead atoms. The molecule has 3 rings (SSSR count). The zero-order valence-electron chi connectivity index (χ0n) is 18.8. The number of anilines is 1. The molecule has 1 heterocycles. The summed E-state index contributed by atoms with van der Waals surface area (Å²) in [7, 11) is 0. The van der Waals surface area contributed by atoms with E-state index in [1.165, 1.54) is 0 Å². The van der Waals surface area contributed by atoms with Gasteiger partial charge in [-0.1, -0.05) is 46.4 Å². The van der Waals surface area contributed by atoms with Crippen molar-refractivity contribution in [1.82, 2.24) is 14.9 Å². The van der Waals surface area contributed by atoms with E-state index in [9.17, 15) is 9.59 Å². The quantitative estimate of drug-likeness (QED) is 0.625. The van der Waals surface area contributed by atoms with Crippen molar-refractivity contribution < 1.29 is 9.59 Å². The third kappa shape index (κ3) is 5.17. The second kappa shape index (κ2) is 8.98. The Kier molecular flexibility index (Phi) is 6.55. The van der Waals surface area contributed by atoms with E-state index >= 15 is 0 Å². The number of aromatic nitrogens is 2. The molecule has 31 heavy (non-hydrogen) atoms. The number of carbonyl (C=O) groups excluding carboxylic acids is 2. The Morgan fingerprint density at radius 1 is 1.03 bits per heavy atom. The Balaban J connectivity index is 2.23. The SMILES string of the molecule is Cc1ccc([C@@H](C(=O)NC(C)(C)C)N(C(=O)c2csnn2)c2cccc(C)c2C)cc1. The largest absolute Gasteiger partial charge is 0.349 e. The second-order valence-corrected chi connectivity index (χ2v) is 9.35. The highest BCUT2D eigenvalue weighted by Crippen LogP contribution is 2.33. The number of carbonyl (C=O) groups is 2. The molecule has 7 heteroatoms. The third-order valence-corrected chi connectivity index (χ3v) is 5.54. The fraction of sp³-hybridized carbons (Fsp3) is 0.333. The Morgan fingerprint density at radius 3 is 2.29 bits per heavy atom. The first-order valence-electron chi connectivity index (χ1n) is 10.1. The maximum absolute atomic E-state index is 13.7. The summed E-state index contributed by atoms with van der Waals surface area (Å²) >= 11 is 1.11. The lowest BCUT2D eigenvalue weighted by Crippen LogP contribution is -2.49. The summed E-state index contributed by atoms with van der Waals surface area (Å²) in [6, 6.07) is 12.6. The molecule has 0 saturated heterocycles. The molecule has 0 unspecified atom stereocenters. The van der Waals surface area contributed by atoms with Gasteiger partial charge in [-0.3, -0.25) is 14.5 Å². The zero-order chi connectivity index (χ0) is 22.8. The van der Waals surface area contributed by atoms with Crippen LogP contribution in [0.25, 0.3) is 0 Å². The summed E-state index contributed by atoms with van der Waals surface area (Å²) in [6.07, 6.45) is 0. The second-order valence-electron chi connectivity index (χ2n) is 8.74. The summed E-state index contributed by atoms with van der Waals surface area (Å²) in [5, 5.41) is 8.64. The predicted octanol–water partition coefficient (Wildman–Crippen LogP) is 4.77. The number of nitrogens with one attached hydrogen (secondary N) is 1. The van der Waals surface area contributed by atoms with Gasteiger partial charge in [0.05, 0.1) is 0 Å². The summed E-state index contributed by atoms with van der Waals surface area (Å²) in [5.41, 5.74) is 4.19. The minimum atomic E-state index is -0.866. The lowest BCUT2D eigenvalue weighted by Gasteiger charge is -2.34. The van der Waals surface area contributed by atoms with Crippen LogP contribution in [0.4, 0.5) is 5.69 Å². The van der Waals surface area contributed by atoms with E-state index < -0.39 is 11.6 Å². The monoisotopic (exact) mass is 436 g/mol. The molecule has 0 radical (unpaired) electrons. The lowest BCUT2D eigenvalue weighted by molar-refractivity contribution is -0.123. The highest BCUT2D eigenvalue weighted by atomic mass is 32.1. The molecule has 0 aliphatic heterocycles. The molecule has 1 N–H and O–H groups in total. The first-order chi connectivity index (χ1) is 14.6. The standard InChI is InChI=1S/C24H28N4O2S/c1-15-10-12-18(13-11-15)21(22(29)25-24(4,5)6)28(23(30)19-14-31-27-26-19)20-9-7-8-16(2)17(20)3/h7-14,21H,1-6H3,(H,25,29)/t21-/m0/s1. The molecule has 0 aliphatic rings. The van der Waals surface area contributed by atoms with Crippen molar-refractivity contribution in [3.05, 3.63) is 75.8 Å². The van der Waals surface area contributed by atoms with Gasteiger partial charge in [-0.05, 0) is 75.8 Å². The van der Waals surface area contributed by atoms with Crippen molar-refractivity contribution in [2.24, 2.45) is 0 Å². The van der Waals surface area contributed by atoms with Crippen LogP contribution in [0.2, 0.25) is 0 Å². The first kappa shape index (κ1) is 22.6. The van der Waals surface area contributed by atoms with E-state index in [0.29, 0.717) is 5.69 Å². The number of rotatable bonds is 5. The molecule has 0 fully saturated rings. The van der Waals surface area contributed by atoms with Crippen LogP contribution in [-0.4, -0.2) is 26.9 Å². The van der Waals surface area contributed by atoms with Gasteiger partial charge >= 0.3 is 0 Å². The number of hydrogen-bond donors (Lipinski definition) is 1. The number of hydrogen-bond acceptors (Lipinski definition) is 5. The number of benzene rings is 2. The number of nitrogens with zero attached hydrogens (tertiary/aromatic N) is 3. The van der Waals surface area contributed by atoms with Gasteiger partial charge in [0, 0.05) is 16.6 Å². The first-order valence-corrected chi connectivity index (χ1v) is 11.0. The minimum Gasteiger partial charge on any atom is -0.349 e. The van der Waals surface area contributed by atoms with Crippen LogP contribution >= 0.6 is 11.5 Å². The van der Waals surface area contributed by atoms with Gasteiger partial charge in [0.1, 0.15) is 6.04 Å². The van der Waals surface area contributed by atoms with Crippen LogP contribution in [0.15, 0.2) is 47.8 Å². The lowest BCUT2D eigenvalue weighted by atomic mass is 9.98. The van der Waals surface area contributed by atoms with Crippen LogP contribution in [-0.2, 0) is 4.79 Å². The van der Waals surface area contributed by atoms with Gasteiger partial charge in [-0.15, -0.1) is 5.10 Å². The molecular formula is C24H28N4O2S. The fourth-order valence-corrected chi connectivity index (χ4v) is 3.78. The van der Waals surface area contributed by atoms with E-state index in [1.807, 2.05) is 84.0 Å². The molecule has 1 atom stereocenters. The number of aryl methyl sites for hydroxylation is 2. The Labute approximate surface area is 187 Å². The average molecular weight is 437 g/mol. The summed E-state index contributed by atoms with van der Waals surface area (Å²) < 4.78 is 3.85. The van der Waals surface area contributed by atoms with Gasteiger partial charge in [-0.2, -0.15) is 0 Å². The van der Waals surface area contributed by atoms with Crippen molar-refractivity contribution >= 4 is 29.0 Å². The van der Waals surface area contributed by atoms with Crippen molar-refractivity contribution in [2.75, 3.05) is 4.90 Å². The van der Waals surface area contributed by atoms with E-state index in [2.05, 4.69) is 14.9 Å². The highest BCUT2D eigenvalue weighted by molar-refractivity contribution is 7.03. The summed E-state index contributed by atoms with van der Waals surface area (Å²) in [5.74, 6) is -0.620. The van der Waals surface area contributed by atoms with Gasteiger partial charge in [0.15, 0.2) is 5.69 Å². The van der Waals surface area contributed by atoms with E-state index in [0.717, 1.165) is 33.8 Å². The topological polar surface area (TPSA) is 75.2 Å². The molecule has 3 aromatic rings. The average Bonchev–Trinajstić information content (AvgIpc) is 3.22. The molecule has 6 nitrogen and oxygen atoms in total. The molecular weight excluding hydrogens is 408 g/mol. The van der Waals surface area contributed by atoms with E-state index in [1.54, 1.807) is 10.3 Å².